The summed E-state index contributed by atoms with van der Waals surface area (Å²) in [6.07, 6.45) is 6.17. The number of thiophene rings is 1. The van der Waals surface area contributed by atoms with E-state index in [0.717, 1.165) is 41.9 Å². The highest BCUT2D eigenvalue weighted by Crippen LogP contribution is 2.42. The van der Waals surface area contributed by atoms with Crippen molar-refractivity contribution in [1.82, 2.24) is 4.57 Å². The summed E-state index contributed by atoms with van der Waals surface area (Å²) in [7, 11) is 0. The number of aromatic nitrogens is 1. The number of halogens is 2. The minimum Gasteiger partial charge on any atom is -0.477 e. The van der Waals surface area contributed by atoms with E-state index in [4.69, 9.17) is 5.73 Å². The smallest absolute Gasteiger partial charge is 0.341 e. The largest absolute Gasteiger partial charge is 0.477 e. The van der Waals surface area contributed by atoms with Crippen molar-refractivity contribution in [3.05, 3.63) is 56.4 Å². The maximum Gasteiger partial charge on any atom is 0.341 e. The summed E-state index contributed by atoms with van der Waals surface area (Å²) in [5, 5.41) is 9.47. The summed E-state index contributed by atoms with van der Waals surface area (Å²) in [6.45, 7) is 0. The molecule has 0 spiro atoms. The number of hydrogen-bond donors (Lipinski definition) is 2. The van der Waals surface area contributed by atoms with E-state index in [-0.39, 0.29) is 35.4 Å². The molecule has 1 aromatic carbocycles. The van der Waals surface area contributed by atoms with Crippen LogP contribution in [0, 0.1) is 5.82 Å². The van der Waals surface area contributed by atoms with Crippen molar-refractivity contribution >= 4 is 40.6 Å². The molecule has 1 saturated carbocycles. The Bertz CT molecular complexity index is 1200. The molecule has 29 heavy (non-hydrogen) atoms. The lowest BCUT2D eigenvalue weighted by atomic mass is 9.95. The van der Waals surface area contributed by atoms with E-state index in [2.05, 4.69) is 0 Å². The predicted octanol–water partition coefficient (Wildman–Crippen LogP) is 4.66. The van der Waals surface area contributed by atoms with Crippen LogP contribution in [0.3, 0.4) is 0 Å². The number of rotatable bonds is 3. The summed E-state index contributed by atoms with van der Waals surface area (Å²) in [4.78, 5) is 26.0. The number of aryl methyl sites for hydroxylation is 1. The molecular weight excluding hydrogens is 415 g/mol. The van der Waals surface area contributed by atoms with Gasteiger partial charge in [-0.15, -0.1) is 23.7 Å². The number of carboxylic acids is 1. The molecule has 1 unspecified atom stereocenters. The van der Waals surface area contributed by atoms with Gasteiger partial charge in [0.2, 0.25) is 5.43 Å². The Morgan fingerprint density at radius 2 is 2.00 bits per heavy atom. The molecule has 1 atom stereocenters. The molecule has 2 aromatic heterocycles. The highest BCUT2D eigenvalue weighted by Gasteiger charge is 2.28. The van der Waals surface area contributed by atoms with Gasteiger partial charge in [0, 0.05) is 39.0 Å². The first-order valence-corrected chi connectivity index (χ1v) is 10.3. The van der Waals surface area contributed by atoms with Crippen LogP contribution in [-0.4, -0.2) is 15.6 Å². The Kier molecular flexibility index (Phi) is 5.01. The van der Waals surface area contributed by atoms with Crippen LogP contribution in [0.25, 0.3) is 21.3 Å². The van der Waals surface area contributed by atoms with Gasteiger partial charge in [0.15, 0.2) is 0 Å². The fraction of sp³-hybridized carbons (Fsp3) is 0.333. The van der Waals surface area contributed by atoms with E-state index in [1.54, 1.807) is 6.07 Å². The van der Waals surface area contributed by atoms with Crippen molar-refractivity contribution in [2.24, 2.45) is 5.73 Å². The maximum absolute atomic E-state index is 15.0. The van der Waals surface area contributed by atoms with Crippen LogP contribution in [-0.2, 0) is 6.42 Å². The van der Waals surface area contributed by atoms with Gasteiger partial charge in [0.05, 0.1) is 5.52 Å². The summed E-state index contributed by atoms with van der Waals surface area (Å²) in [5.41, 5.74) is 7.47. The normalized spacial score (nSPS) is 18.3. The Morgan fingerprint density at radius 3 is 2.66 bits per heavy atom. The zero-order valence-corrected chi connectivity index (χ0v) is 17.1. The lowest BCUT2D eigenvalue weighted by molar-refractivity contribution is 0.0695. The third-order valence-corrected chi connectivity index (χ3v) is 7.04. The van der Waals surface area contributed by atoms with Crippen LogP contribution < -0.4 is 11.2 Å². The molecular formula is C21H20ClFN2O3S. The summed E-state index contributed by atoms with van der Waals surface area (Å²) in [6, 6.07) is 5.04. The maximum atomic E-state index is 15.0. The molecule has 2 aliphatic carbocycles. The summed E-state index contributed by atoms with van der Waals surface area (Å²) >= 11 is 1.51. The zero-order valence-electron chi connectivity index (χ0n) is 15.5. The van der Waals surface area contributed by atoms with Crippen molar-refractivity contribution in [2.45, 2.75) is 44.2 Å². The number of benzene rings is 1. The van der Waals surface area contributed by atoms with E-state index in [1.807, 2.05) is 10.6 Å². The number of hydrogen-bond acceptors (Lipinski definition) is 4. The third-order valence-electron chi connectivity index (χ3n) is 5.70. The summed E-state index contributed by atoms with van der Waals surface area (Å²) < 4.78 is 16.8. The molecule has 0 bridgehead atoms. The molecule has 3 aromatic rings. The second-order valence-electron chi connectivity index (χ2n) is 7.66. The van der Waals surface area contributed by atoms with Crippen LogP contribution in [0.5, 0.6) is 0 Å². The van der Waals surface area contributed by atoms with Gasteiger partial charge in [-0.3, -0.25) is 4.79 Å². The van der Waals surface area contributed by atoms with E-state index >= 15 is 4.39 Å². The molecule has 2 heterocycles. The number of pyridine rings is 1. The first kappa shape index (κ1) is 20.1. The first-order chi connectivity index (χ1) is 13.4. The Labute approximate surface area is 176 Å². The van der Waals surface area contributed by atoms with Gasteiger partial charge < -0.3 is 15.4 Å². The topological polar surface area (TPSA) is 85.3 Å². The molecule has 3 N–H and O–H groups in total. The molecule has 2 aliphatic rings. The number of aromatic carboxylic acids is 1. The monoisotopic (exact) mass is 434 g/mol. The van der Waals surface area contributed by atoms with Crippen LogP contribution in [0.2, 0.25) is 0 Å². The molecule has 0 radical (unpaired) electrons. The first-order valence-electron chi connectivity index (χ1n) is 9.44. The standard InChI is InChI=1S/C21H19FN2O3S.ClH/c22-15-7-13-17(24(11-4-5-11)9-14(19(13)25)21(26)27)8-12(15)18-6-10-2-1-3-16(23)20(10)28-18;/h6-9,11,16H,1-5,23H2,(H,26,27);1H. The molecule has 5 nitrogen and oxygen atoms in total. The summed E-state index contributed by atoms with van der Waals surface area (Å²) in [5.74, 6) is -1.80. The number of nitrogens with zero attached hydrogens (tertiary/aromatic N) is 1. The van der Waals surface area contributed by atoms with E-state index in [0.29, 0.717) is 11.1 Å². The van der Waals surface area contributed by atoms with Gasteiger partial charge in [0.1, 0.15) is 11.4 Å². The van der Waals surface area contributed by atoms with Crippen molar-refractivity contribution in [2.75, 3.05) is 0 Å². The zero-order chi connectivity index (χ0) is 19.6. The average molecular weight is 435 g/mol. The number of carbonyl (C=O) groups is 1. The lowest BCUT2D eigenvalue weighted by Crippen LogP contribution is -2.19. The van der Waals surface area contributed by atoms with Gasteiger partial charge in [0.25, 0.3) is 0 Å². The number of carboxylic acid groups (broad SMARTS) is 1. The lowest BCUT2D eigenvalue weighted by Gasteiger charge is -2.17. The molecule has 0 amide bonds. The SMILES string of the molecule is Cl.NC1CCCc2cc(-c3cc4c(cc3F)c(=O)c(C(=O)O)cn4C3CC3)sc21. The van der Waals surface area contributed by atoms with Gasteiger partial charge >= 0.3 is 5.97 Å². The highest BCUT2D eigenvalue weighted by molar-refractivity contribution is 7.15. The molecule has 0 aliphatic heterocycles. The van der Waals surface area contributed by atoms with Gasteiger partial charge in [-0.1, -0.05) is 0 Å². The highest BCUT2D eigenvalue weighted by atomic mass is 35.5. The van der Waals surface area contributed by atoms with E-state index in [1.165, 1.54) is 29.2 Å². The minimum absolute atomic E-state index is 0. The molecule has 0 saturated heterocycles. The van der Waals surface area contributed by atoms with Crippen LogP contribution in [0.4, 0.5) is 4.39 Å². The Hall–Kier alpha value is -2.22. The molecule has 5 rings (SSSR count). The third kappa shape index (κ3) is 3.27. The van der Waals surface area contributed by atoms with Crippen LogP contribution in [0.15, 0.2) is 29.2 Å². The fourth-order valence-electron chi connectivity index (χ4n) is 4.09. The minimum atomic E-state index is -1.29. The van der Waals surface area contributed by atoms with E-state index in [9.17, 15) is 14.7 Å². The van der Waals surface area contributed by atoms with Gasteiger partial charge in [-0.05, 0) is 55.9 Å². The van der Waals surface area contributed by atoms with Crippen molar-refractivity contribution in [1.29, 1.82) is 0 Å². The molecule has 8 heteroatoms. The molecule has 152 valence electrons. The number of fused-ring (bicyclic) bond motifs is 2. The predicted molar refractivity (Wildman–Crippen MR) is 114 cm³/mol. The second kappa shape index (κ2) is 7.23. The quantitative estimate of drug-likeness (QED) is 0.627. The molecule has 1 fully saturated rings. The average Bonchev–Trinajstić information content (AvgIpc) is 3.40. The van der Waals surface area contributed by atoms with Gasteiger partial charge in [-0.2, -0.15) is 0 Å². The van der Waals surface area contributed by atoms with Gasteiger partial charge in [-0.25, -0.2) is 9.18 Å². The number of nitrogens with two attached hydrogens (primary N) is 1. The Balaban J connectivity index is 0.00000205. The van der Waals surface area contributed by atoms with Crippen LogP contribution in [0.1, 0.15) is 58.6 Å². The fourth-order valence-corrected chi connectivity index (χ4v) is 5.36. The Morgan fingerprint density at radius 1 is 1.24 bits per heavy atom. The van der Waals surface area contributed by atoms with Crippen LogP contribution >= 0.6 is 23.7 Å². The van der Waals surface area contributed by atoms with Crippen molar-refractivity contribution < 1.29 is 14.3 Å². The van der Waals surface area contributed by atoms with Crippen molar-refractivity contribution in [3.8, 4) is 10.4 Å². The van der Waals surface area contributed by atoms with E-state index < -0.39 is 17.2 Å². The second-order valence-corrected chi connectivity index (χ2v) is 8.75. The van der Waals surface area contributed by atoms with Crippen molar-refractivity contribution in [3.63, 3.8) is 0 Å².